The maximum absolute atomic E-state index is 9.81. The van der Waals surface area contributed by atoms with Crippen molar-refractivity contribution in [3.8, 4) is 11.8 Å². The van der Waals surface area contributed by atoms with Crippen LogP contribution in [0, 0.1) is 11.8 Å². The van der Waals surface area contributed by atoms with Gasteiger partial charge in [-0.2, -0.15) is 0 Å². The third-order valence-corrected chi connectivity index (χ3v) is 2.32. The highest BCUT2D eigenvalue weighted by Crippen LogP contribution is 2.21. The number of aliphatic hydroxyl groups excluding tert-OH is 1. The predicted molar refractivity (Wildman–Crippen MR) is 49.6 cm³/mol. The van der Waals surface area contributed by atoms with Crippen LogP contribution in [0.1, 0.15) is 40.0 Å². The molecule has 0 radical (unpaired) electrons. The standard InChI is InChI=1S/C10H18O2/c1-4-7-8-9(11)10(12,5-2)6-3/h9,11-12H,5-6,8H2,1-3H3. The molecule has 0 saturated heterocycles. The van der Waals surface area contributed by atoms with E-state index >= 15 is 0 Å². The topological polar surface area (TPSA) is 40.5 Å². The molecule has 0 spiro atoms. The predicted octanol–water partition coefficient (Wildman–Crippen LogP) is 1.31. The summed E-state index contributed by atoms with van der Waals surface area (Å²) in [6.45, 7) is 5.46. The molecule has 0 aromatic rings. The third kappa shape index (κ3) is 2.84. The van der Waals surface area contributed by atoms with E-state index in [9.17, 15) is 10.2 Å². The smallest absolute Gasteiger partial charge is 0.0935 e. The summed E-state index contributed by atoms with van der Waals surface area (Å²) in [7, 11) is 0. The molecule has 70 valence electrons. The average Bonchev–Trinajstić information content (AvgIpc) is 2.12. The van der Waals surface area contributed by atoms with Crippen LogP contribution in [0.25, 0.3) is 0 Å². The van der Waals surface area contributed by atoms with Gasteiger partial charge in [0, 0.05) is 6.42 Å². The van der Waals surface area contributed by atoms with E-state index in [-0.39, 0.29) is 0 Å². The van der Waals surface area contributed by atoms with E-state index in [1.165, 1.54) is 0 Å². The molecular formula is C10H18O2. The number of hydrogen-bond acceptors (Lipinski definition) is 2. The van der Waals surface area contributed by atoms with Gasteiger partial charge >= 0.3 is 0 Å². The molecule has 2 N–H and O–H groups in total. The lowest BCUT2D eigenvalue weighted by Gasteiger charge is -2.29. The van der Waals surface area contributed by atoms with Gasteiger partial charge in [-0.1, -0.05) is 13.8 Å². The molecule has 0 aliphatic heterocycles. The van der Waals surface area contributed by atoms with Crippen LogP contribution in [0.5, 0.6) is 0 Å². The van der Waals surface area contributed by atoms with Crippen LogP contribution in [0.15, 0.2) is 0 Å². The Kier molecular flexibility index (Phi) is 4.96. The second kappa shape index (κ2) is 5.18. The number of hydrogen-bond donors (Lipinski definition) is 2. The zero-order valence-electron chi connectivity index (χ0n) is 8.09. The van der Waals surface area contributed by atoms with Gasteiger partial charge in [0.15, 0.2) is 0 Å². The third-order valence-electron chi connectivity index (χ3n) is 2.32. The van der Waals surface area contributed by atoms with Crippen molar-refractivity contribution in [3.63, 3.8) is 0 Å². The maximum atomic E-state index is 9.81. The van der Waals surface area contributed by atoms with Gasteiger partial charge in [0.2, 0.25) is 0 Å². The summed E-state index contributed by atoms with van der Waals surface area (Å²) in [6.07, 6.45) is 0.765. The van der Waals surface area contributed by atoms with E-state index < -0.39 is 11.7 Å². The number of aliphatic hydroxyl groups is 2. The van der Waals surface area contributed by atoms with Gasteiger partial charge in [-0.25, -0.2) is 0 Å². The van der Waals surface area contributed by atoms with E-state index in [1.807, 2.05) is 13.8 Å². The first kappa shape index (κ1) is 11.5. The fourth-order valence-corrected chi connectivity index (χ4v) is 1.11. The van der Waals surface area contributed by atoms with Gasteiger partial charge in [-0.3, -0.25) is 0 Å². The summed E-state index contributed by atoms with van der Waals surface area (Å²) >= 11 is 0. The fourth-order valence-electron chi connectivity index (χ4n) is 1.11. The van der Waals surface area contributed by atoms with Gasteiger partial charge < -0.3 is 10.2 Å². The summed E-state index contributed by atoms with van der Waals surface area (Å²) in [5.74, 6) is 5.46. The first-order valence-electron chi connectivity index (χ1n) is 4.40. The van der Waals surface area contributed by atoms with E-state index in [1.54, 1.807) is 6.92 Å². The maximum Gasteiger partial charge on any atom is 0.0935 e. The molecule has 0 amide bonds. The van der Waals surface area contributed by atoms with Crippen molar-refractivity contribution in [1.82, 2.24) is 0 Å². The monoisotopic (exact) mass is 170 g/mol. The molecule has 2 heteroatoms. The Morgan fingerprint density at radius 2 is 1.83 bits per heavy atom. The average molecular weight is 170 g/mol. The van der Waals surface area contributed by atoms with Crippen LogP contribution in [0.2, 0.25) is 0 Å². The second-order valence-electron chi connectivity index (χ2n) is 2.96. The molecule has 0 aliphatic carbocycles. The zero-order valence-corrected chi connectivity index (χ0v) is 8.09. The molecule has 0 fully saturated rings. The summed E-state index contributed by atoms with van der Waals surface area (Å²) < 4.78 is 0. The Morgan fingerprint density at radius 1 is 1.33 bits per heavy atom. The molecule has 0 rings (SSSR count). The molecule has 1 unspecified atom stereocenters. The molecule has 0 heterocycles. The van der Waals surface area contributed by atoms with Crippen LogP contribution in [-0.4, -0.2) is 21.9 Å². The van der Waals surface area contributed by atoms with Crippen molar-refractivity contribution in [2.75, 3.05) is 0 Å². The lowest BCUT2D eigenvalue weighted by molar-refractivity contribution is -0.0769. The summed E-state index contributed by atoms with van der Waals surface area (Å²) in [4.78, 5) is 0. The van der Waals surface area contributed by atoms with Gasteiger partial charge in [0.05, 0.1) is 11.7 Å². The molecule has 0 aromatic heterocycles. The molecule has 0 aliphatic rings. The van der Waals surface area contributed by atoms with Crippen molar-refractivity contribution < 1.29 is 10.2 Å². The second-order valence-corrected chi connectivity index (χ2v) is 2.96. The molecule has 2 nitrogen and oxygen atoms in total. The zero-order chi connectivity index (χ0) is 9.61. The Hall–Kier alpha value is -0.520. The Labute approximate surface area is 74.6 Å². The minimum atomic E-state index is -0.955. The van der Waals surface area contributed by atoms with Crippen LogP contribution < -0.4 is 0 Å². The van der Waals surface area contributed by atoms with Gasteiger partial charge in [-0.15, -0.1) is 11.8 Å². The molecule has 0 saturated carbocycles. The summed E-state index contributed by atoms with van der Waals surface area (Å²) in [5, 5.41) is 19.4. The lowest BCUT2D eigenvalue weighted by atomic mass is 9.89. The van der Waals surface area contributed by atoms with Crippen LogP contribution in [0.4, 0.5) is 0 Å². The van der Waals surface area contributed by atoms with E-state index in [4.69, 9.17) is 0 Å². The van der Waals surface area contributed by atoms with Crippen molar-refractivity contribution in [2.24, 2.45) is 0 Å². The van der Waals surface area contributed by atoms with Crippen LogP contribution >= 0.6 is 0 Å². The highest BCUT2D eigenvalue weighted by atomic mass is 16.3. The Balaban J connectivity index is 4.17. The first-order chi connectivity index (χ1) is 5.60. The summed E-state index contributed by atoms with van der Waals surface area (Å²) in [6, 6.07) is 0. The van der Waals surface area contributed by atoms with Gasteiger partial charge in [0.1, 0.15) is 0 Å². The van der Waals surface area contributed by atoms with E-state index in [2.05, 4.69) is 11.8 Å². The fraction of sp³-hybridized carbons (Fsp3) is 0.800. The van der Waals surface area contributed by atoms with E-state index in [0.717, 1.165) is 0 Å². The van der Waals surface area contributed by atoms with Crippen molar-refractivity contribution in [3.05, 3.63) is 0 Å². The molecule has 0 bridgehead atoms. The van der Waals surface area contributed by atoms with Crippen molar-refractivity contribution in [2.45, 2.75) is 51.7 Å². The SMILES string of the molecule is CC#CCC(O)C(O)(CC)CC. The molecule has 1 atom stereocenters. The molecular weight excluding hydrogens is 152 g/mol. The summed E-state index contributed by atoms with van der Waals surface area (Å²) in [5.41, 5.74) is -0.955. The molecule has 0 aromatic carbocycles. The lowest BCUT2D eigenvalue weighted by Crippen LogP contribution is -2.40. The minimum Gasteiger partial charge on any atom is -0.389 e. The minimum absolute atomic E-state index is 0.356. The highest BCUT2D eigenvalue weighted by molar-refractivity contribution is 5.00. The van der Waals surface area contributed by atoms with Gasteiger partial charge in [0.25, 0.3) is 0 Å². The van der Waals surface area contributed by atoms with Crippen LogP contribution in [0.3, 0.4) is 0 Å². The van der Waals surface area contributed by atoms with Gasteiger partial charge in [-0.05, 0) is 19.8 Å². The van der Waals surface area contributed by atoms with Crippen molar-refractivity contribution in [1.29, 1.82) is 0 Å². The van der Waals surface area contributed by atoms with Crippen LogP contribution in [-0.2, 0) is 0 Å². The first-order valence-corrected chi connectivity index (χ1v) is 4.40. The largest absolute Gasteiger partial charge is 0.389 e. The highest BCUT2D eigenvalue weighted by Gasteiger charge is 2.30. The van der Waals surface area contributed by atoms with Crippen molar-refractivity contribution >= 4 is 0 Å². The quantitative estimate of drug-likeness (QED) is 0.624. The number of rotatable bonds is 4. The Morgan fingerprint density at radius 3 is 2.17 bits per heavy atom. The van der Waals surface area contributed by atoms with E-state index in [0.29, 0.717) is 19.3 Å². The Bertz CT molecular complexity index is 172. The normalized spacial score (nSPS) is 13.4. The molecule has 12 heavy (non-hydrogen) atoms.